The van der Waals surface area contributed by atoms with Crippen molar-refractivity contribution in [1.82, 2.24) is 29.8 Å². The minimum Gasteiger partial charge on any atom is -0.488 e. The van der Waals surface area contributed by atoms with Crippen molar-refractivity contribution in [1.29, 1.82) is 0 Å². The molecule has 0 aliphatic heterocycles. The monoisotopic (exact) mass is 436 g/mol. The Morgan fingerprint density at radius 3 is 2.68 bits per heavy atom. The standard InChI is InChI=1S/C22H21ClN6O2/c1-4-16-10-11-24-21(25-16)15-8-9-20(14(2)12-15)31-13-17-18(23)6-5-7-19(17)29-22(30)28(3)26-27-29/h5-12H,4,13H2,1-3H3. The molecule has 4 rings (SSSR count). The van der Waals surface area contributed by atoms with Crippen molar-refractivity contribution in [2.45, 2.75) is 26.9 Å². The van der Waals surface area contributed by atoms with Crippen LogP contribution in [-0.2, 0) is 20.1 Å². The second-order valence-corrected chi connectivity index (χ2v) is 7.44. The van der Waals surface area contributed by atoms with E-state index < -0.39 is 0 Å². The Balaban J connectivity index is 1.60. The lowest BCUT2D eigenvalue weighted by Crippen LogP contribution is -2.23. The molecule has 0 atom stereocenters. The first-order valence-corrected chi connectivity index (χ1v) is 10.2. The average Bonchev–Trinajstić information content (AvgIpc) is 3.11. The van der Waals surface area contributed by atoms with Crippen LogP contribution in [0.25, 0.3) is 17.1 Å². The van der Waals surface area contributed by atoms with Crippen molar-refractivity contribution in [2.24, 2.45) is 7.05 Å². The fraction of sp³-hybridized carbons (Fsp3) is 0.227. The van der Waals surface area contributed by atoms with Crippen molar-refractivity contribution in [2.75, 3.05) is 0 Å². The van der Waals surface area contributed by atoms with Crippen LogP contribution in [0.1, 0.15) is 23.7 Å². The highest BCUT2D eigenvalue weighted by Gasteiger charge is 2.15. The van der Waals surface area contributed by atoms with Crippen LogP contribution < -0.4 is 10.4 Å². The molecule has 0 aliphatic carbocycles. The van der Waals surface area contributed by atoms with Crippen LogP contribution in [0, 0.1) is 6.92 Å². The molecule has 31 heavy (non-hydrogen) atoms. The van der Waals surface area contributed by atoms with Crippen LogP contribution in [0.2, 0.25) is 5.02 Å². The van der Waals surface area contributed by atoms with Crippen molar-refractivity contribution < 1.29 is 4.74 Å². The Bertz CT molecular complexity index is 1300. The van der Waals surface area contributed by atoms with E-state index in [0.29, 0.717) is 27.8 Å². The smallest absolute Gasteiger partial charge is 0.368 e. The van der Waals surface area contributed by atoms with Gasteiger partial charge in [-0.25, -0.2) is 14.8 Å². The van der Waals surface area contributed by atoms with Gasteiger partial charge in [0.1, 0.15) is 12.4 Å². The normalized spacial score (nSPS) is 11.0. The summed E-state index contributed by atoms with van der Waals surface area (Å²) in [6, 6.07) is 13.0. The van der Waals surface area contributed by atoms with Crippen LogP contribution in [-0.4, -0.2) is 29.8 Å². The number of ether oxygens (including phenoxy) is 1. The van der Waals surface area contributed by atoms with Gasteiger partial charge in [-0.2, -0.15) is 9.36 Å². The maximum absolute atomic E-state index is 12.3. The molecule has 2 aromatic heterocycles. The third-order valence-electron chi connectivity index (χ3n) is 4.92. The maximum atomic E-state index is 12.3. The van der Waals surface area contributed by atoms with Gasteiger partial charge in [0.2, 0.25) is 0 Å². The Kier molecular flexibility index (Phi) is 5.81. The second kappa shape index (κ2) is 8.69. The molecule has 4 aromatic rings. The van der Waals surface area contributed by atoms with E-state index in [2.05, 4.69) is 27.3 Å². The first-order valence-electron chi connectivity index (χ1n) is 9.80. The molecule has 2 heterocycles. The van der Waals surface area contributed by atoms with Crippen molar-refractivity contribution >= 4 is 11.6 Å². The molecule has 158 valence electrons. The number of aryl methyl sites for hydroxylation is 3. The Hall–Kier alpha value is -3.52. The molecule has 0 radical (unpaired) electrons. The summed E-state index contributed by atoms with van der Waals surface area (Å²) in [5.41, 5.74) is 3.67. The Morgan fingerprint density at radius 2 is 1.97 bits per heavy atom. The van der Waals surface area contributed by atoms with E-state index in [9.17, 15) is 4.79 Å². The zero-order valence-corrected chi connectivity index (χ0v) is 18.2. The number of aromatic nitrogens is 6. The van der Waals surface area contributed by atoms with Crippen molar-refractivity contribution in [3.05, 3.63) is 81.0 Å². The number of benzene rings is 2. The Labute approximate surface area is 184 Å². The summed E-state index contributed by atoms with van der Waals surface area (Å²) in [4.78, 5) is 21.2. The van der Waals surface area contributed by atoms with E-state index in [1.165, 1.54) is 11.7 Å². The fourth-order valence-electron chi connectivity index (χ4n) is 3.19. The lowest BCUT2D eigenvalue weighted by molar-refractivity contribution is 0.303. The molecule has 0 aliphatic rings. The molecule has 0 bridgehead atoms. The van der Waals surface area contributed by atoms with Crippen molar-refractivity contribution in [3.8, 4) is 22.8 Å². The largest absolute Gasteiger partial charge is 0.488 e. The molecule has 0 unspecified atom stereocenters. The van der Waals surface area contributed by atoms with Crippen LogP contribution >= 0.6 is 11.6 Å². The predicted octanol–water partition coefficient (Wildman–Crippen LogP) is 3.53. The molecule has 8 nitrogen and oxygen atoms in total. The van der Waals surface area contributed by atoms with Gasteiger partial charge in [0.25, 0.3) is 0 Å². The molecular formula is C22H21ClN6O2. The fourth-order valence-corrected chi connectivity index (χ4v) is 3.41. The highest BCUT2D eigenvalue weighted by molar-refractivity contribution is 6.31. The van der Waals surface area contributed by atoms with Gasteiger partial charge in [-0.15, -0.1) is 0 Å². The van der Waals surface area contributed by atoms with Crippen LogP contribution in [0.5, 0.6) is 5.75 Å². The molecular weight excluding hydrogens is 416 g/mol. The number of hydrogen-bond donors (Lipinski definition) is 0. The van der Waals surface area contributed by atoms with Gasteiger partial charge >= 0.3 is 5.69 Å². The lowest BCUT2D eigenvalue weighted by Gasteiger charge is -2.14. The van der Waals surface area contributed by atoms with Gasteiger partial charge in [0.15, 0.2) is 5.82 Å². The molecule has 0 saturated carbocycles. The van der Waals surface area contributed by atoms with Gasteiger partial charge in [0.05, 0.1) is 5.69 Å². The summed E-state index contributed by atoms with van der Waals surface area (Å²) in [5, 5.41) is 8.16. The minimum atomic E-state index is -0.363. The topological polar surface area (TPSA) is 87.7 Å². The summed E-state index contributed by atoms with van der Waals surface area (Å²) in [5.74, 6) is 1.39. The molecule has 0 amide bonds. The van der Waals surface area contributed by atoms with Crippen LogP contribution in [0.3, 0.4) is 0 Å². The predicted molar refractivity (Wildman–Crippen MR) is 118 cm³/mol. The minimum absolute atomic E-state index is 0.167. The van der Waals surface area contributed by atoms with E-state index in [1.54, 1.807) is 24.4 Å². The van der Waals surface area contributed by atoms with E-state index in [-0.39, 0.29) is 12.3 Å². The lowest BCUT2D eigenvalue weighted by atomic mass is 10.1. The number of rotatable bonds is 6. The first kappa shape index (κ1) is 20.7. The number of halogens is 1. The molecule has 0 N–H and O–H groups in total. The third kappa shape index (κ3) is 4.20. The van der Waals surface area contributed by atoms with Gasteiger partial charge in [0, 0.05) is 35.1 Å². The van der Waals surface area contributed by atoms with Gasteiger partial charge < -0.3 is 4.74 Å². The van der Waals surface area contributed by atoms with Gasteiger partial charge in [-0.05, 0) is 65.7 Å². The quantitative estimate of drug-likeness (QED) is 0.459. The number of hydrogen-bond acceptors (Lipinski definition) is 6. The number of tetrazole rings is 1. The Morgan fingerprint density at radius 1 is 1.13 bits per heavy atom. The van der Waals surface area contributed by atoms with Gasteiger partial charge in [-0.1, -0.05) is 24.6 Å². The van der Waals surface area contributed by atoms with E-state index in [1.807, 2.05) is 31.2 Å². The molecule has 0 fully saturated rings. The van der Waals surface area contributed by atoms with Gasteiger partial charge in [-0.3, -0.25) is 0 Å². The second-order valence-electron chi connectivity index (χ2n) is 7.03. The summed E-state index contributed by atoms with van der Waals surface area (Å²) in [6.07, 6.45) is 2.62. The number of nitrogens with zero attached hydrogens (tertiary/aromatic N) is 6. The van der Waals surface area contributed by atoms with Crippen molar-refractivity contribution in [3.63, 3.8) is 0 Å². The van der Waals surface area contributed by atoms with E-state index in [4.69, 9.17) is 16.3 Å². The molecule has 0 saturated heterocycles. The van der Waals surface area contributed by atoms with E-state index >= 15 is 0 Å². The molecule has 0 spiro atoms. The highest BCUT2D eigenvalue weighted by Crippen LogP contribution is 2.28. The van der Waals surface area contributed by atoms with E-state index in [0.717, 1.165) is 27.9 Å². The third-order valence-corrected chi connectivity index (χ3v) is 5.28. The summed E-state index contributed by atoms with van der Waals surface area (Å²) in [7, 11) is 1.54. The SMILES string of the molecule is CCc1ccnc(-c2ccc(OCc3c(Cl)cccc3-n3nnn(C)c3=O)c(C)c2)n1. The average molecular weight is 437 g/mol. The molecule has 9 heteroatoms. The molecule has 2 aromatic carbocycles. The summed E-state index contributed by atoms with van der Waals surface area (Å²) >= 11 is 6.41. The van der Waals surface area contributed by atoms with Crippen LogP contribution in [0.15, 0.2) is 53.5 Å². The zero-order chi connectivity index (χ0) is 22.0. The summed E-state index contributed by atoms with van der Waals surface area (Å²) in [6.45, 7) is 4.19. The maximum Gasteiger partial charge on any atom is 0.368 e. The van der Waals surface area contributed by atoms with Crippen LogP contribution in [0.4, 0.5) is 0 Å². The highest BCUT2D eigenvalue weighted by atomic mass is 35.5. The first-order chi connectivity index (χ1) is 15.0. The summed E-state index contributed by atoms with van der Waals surface area (Å²) < 4.78 is 8.42. The zero-order valence-electron chi connectivity index (χ0n) is 17.4.